The van der Waals surface area contributed by atoms with Crippen LogP contribution in [-0.2, 0) is 18.8 Å². The standard InChI is InChI=1S/C4H8O4S.Na.H/c1-3-7-9(5,6)8-4-2;;/h3H,1,4H2,2H3;;/q;+1;-1. The summed E-state index contributed by atoms with van der Waals surface area (Å²) in [5.41, 5.74) is 0. The van der Waals surface area contributed by atoms with E-state index in [0.717, 1.165) is 6.26 Å². The Morgan fingerprint density at radius 3 is 2.50 bits per heavy atom. The van der Waals surface area contributed by atoms with Crippen molar-refractivity contribution in [1.29, 1.82) is 0 Å². The SMILES string of the molecule is C=COS(=O)(=O)OCC.[H-].[Na+]. The Morgan fingerprint density at radius 2 is 2.20 bits per heavy atom. The Hall–Kier alpha value is 0.450. The van der Waals surface area contributed by atoms with Gasteiger partial charge in [0, 0.05) is 0 Å². The average Bonchev–Trinajstić information content (AvgIpc) is 1.64. The van der Waals surface area contributed by atoms with Gasteiger partial charge in [0.2, 0.25) is 0 Å². The fraction of sp³-hybridized carbons (Fsp3) is 0.500. The van der Waals surface area contributed by atoms with Crippen LogP contribution < -0.4 is 29.6 Å². The minimum Gasteiger partial charge on any atom is -1.00 e. The Morgan fingerprint density at radius 1 is 1.70 bits per heavy atom. The fourth-order valence-electron chi connectivity index (χ4n) is 0.255. The molecule has 0 spiro atoms. The summed E-state index contributed by atoms with van der Waals surface area (Å²) in [4.78, 5) is 0. The van der Waals surface area contributed by atoms with E-state index < -0.39 is 10.4 Å². The van der Waals surface area contributed by atoms with Crippen molar-refractivity contribution >= 4 is 10.4 Å². The van der Waals surface area contributed by atoms with E-state index in [1.54, 1.807) is 6.92 Å². The van der Waals surface area contributed by atoms with Gasteiger partial charge in [0.25, 0.3) is 0 Å². The predicted molar refractivity (Wildman–Crippen MR) is 32.9 cm³/mol. The van der Waals surface area contributed by atoms with E-state index in [9.17, 15) is 8.42 Å². The topological polar surface area (TPSA) is 52.6 Å². The molecule has 0 aromatic heterocycles. The molecule has 0 bridgehead atoms. The van der Waals surface area contributed by atoms with Gasteiger partial charge in [-0.05, 0) is 6.92 Å². The Balaban J connectivity index is -0.000000320. The van der Waals surface area contributed by atoms with Crippen molar-refractivity contribution in [3.8, 4) is 0 Å². The van der Waals surface area contributed by atoms with E-state index in [-0.39, 0.29) is 37.6 Å². The first-order valence-electron chi connectivity index (χ1n) is 2.31. The summed E-state index contributed by atoms with van der Waals surface area (Å²) < 4.78 is 28.8. The summed E-state index contributed by atoms with van der Waals surface area (Å²) in [7, 11) is -3.80. The van der Waals surface area contributed by atoms with Gasteiger partial charge in [-0.1, -0.05) is 6.58 Å². The Labute approximate surface area is 84.3 Å². The third-order valence-corrected chi connectivity index (χ3v) is 1.34. The van der Waals surface area contributed by atoms with Crippen molar-refractivity contribution in [2.75, 3.05) is 6.61 Å². The number of hydrogen-bond donors (Lipinski definition) is 0. The molecule has 0 saturated heterocycles. The van der Waals surface area contributed by atoms with Gasteiger partial charge >= 0.3 is 40.0 Å². The molecule has 6 heteroatoms. The number of rotatable bonds is 4. The van der Waals surface area contributed by atoms with Crippen molar-refractivity contribution in [2.45, 2.75) is 6.92 Å². The third-order valence-electron chi connectivity index (χ3n) is 0.448. The zero-order valence-corrected chi connectivity index (χ0v) is 8.85. The molecule has 0 aliphatic rings. The fourth-order valence-corrected chi connectivity index (χ4v) is 0.766. The third kappa shape index (κ3) is 6.57. The second-order valence-corrected chi connectivity index (χ2v) is 2.32. The van der Waals surface area contributed by atoms with Crippen molar-refractivity contribution < 1.29 is 47.8 Å². The zero-order chi connectivity index (χ0) is 7.33. The second kappa shape index (κ2) is 6.18. The Bertz CT molecular complexity index is 179. The van der Waals surface area contributed by atoms with Crippen LogP contribution in [0.4, 0.5) is 0 Å². The average molecular weight is 176 g/mol. The predicted octanol–water partition coefficient (Wildman–Crippen LogP) is -2.46. The molecule has 0 aliphatic carbocycles. The molecule has 0 saturated carbocycles. The minimum absolute atomic E-state index is 0. The molecule has 0 unspecified atom stereocenters. The van der Waals surface area contributed by atoms with E-state index >= 15 is 0 Å². The van der Waals surface area contributed by atoms with E-state index in [4.69, 9.17) is 0 Å². The van der Waals surface area contributed by atoms with Gasteiger partial charge in [-0.3, -0.25) is 0 Å². The molecule has 0 aliphatic heterocycles. The van der Waals surface area contributed by atoms with Crippen LogP contribution in [0.25, 0.3) is 0 Å². The largest absolute Gasteiger partial charge is 1.00 e. The molecule has 4 nitrogen and oxygen atoms in total. The normalized spacial score (nSPS) is 9.70. The molecule has 56 valence electrons. The molecule has 0 amide bonds. The van der Waals surface area contributed by atoms with Gasteiger partial charge in [0.1, 0.15) is 6.26 Å². The van der Waals surface area contributed by atoms with E-state index in [0.29, 0.717) is 0 Å². The summed E-state index contributed by atoms with van der Waals surface area (Å²) in [6.07, 6.45) is 0.797. The maximum Gasteiger partial charge on any atom is 1.00 e. The van der Waals surface area contributed by atoms with Gasteiger partial charge < -0.3 is 5.61 Å². The monoisotopic (exact) mass is 176 g/mol. The molecule has 0 aromatic rings. The molecular formula is C4H9NaO4S. The molecule has 10 heavy (non-hydrogen) atoms. The summed E-state index contributed by atoms with van der Waals surface area (Å²) in [6.45, 7) is 4.66. The van der Waals surface area contributed by atoms with Crippen molar-refractivity contribution in [2.24, 2.45) is 0 Å². The van der Waals surface area contributed by atoms with E-state index in [1.807, 2.05) is 0 Å². The van der Waals surface area contributed by atoms with Crippen LogP contribution in [-0.4, -0.2) is 15.0 Å². The molecule has 0 radical (unpaired) electrons. The number of hydrogen-bond acceptors (Lipinski definition) is 4. The summed E-state index contributed by atoms with van der Waals surface area (Å²) >= 11 is 0. The van der Waals surface area contributed by atoms with Crippen molar-refractivity contribution in [3.05, 3.63) is 12.8 Å². The molecule has 0 rings (SSSR count). The summed E-state index contributed by atoms with van der Waals surface area (Å²) in [5, 5.41) is 0. The molecule has 0 fully saturated rings. The summed E-state index contributed by atoms with van der Waals surface area (Å²) in [6, 6.07) is 0. The Kier molecular flexibility index (Phi) is 8.08. The van der Waals surface area contributed by atoms with Crippen LogP contribution in [0, 0.1) is 0 Å². The molecule has 0 aromatic carbocycles. The smallest absolute Gasteiger partial charge is 1.00 e. The van der Waals surface area contributed by atoms with Crippen LogP contribution in [0.15, 0.2) is 12.8 Å². The second-order valence-electron chi connectivity index (χ2n) is 1.08. The first-order chi connectivity index (χ1) is 4.12. The van der Waals surface area contributed by atoms with Crippen LogP contribution in [0.2, 0.25) is 0 Å². The van der Waals surface area contributed by atoms with Gasteiger partial charge in [-0.25, -0.2) is 4.18 Å². The molecular weight excluding hydrogens is 167 g/mol. The van der Waals surface area contributed by atoms with Gasteiger partial charge in [0.05, 0.1) is 6.61 Å². The van der Waals surface area contributed by atoms with Crippen LogP contribution in [0.5, 0.6) is 0 Å². The first kappa shape index (κ1) is 13.1. The van der Waals surface area contributed by atoms with Gasteiger partial charge in [-0.15, -0.1) is 0 Å². The van der Waals surface area contributed by atoms with Crippen LogP contribution in [0.1, 0.15) is 8.35 Å². The van der Waals surface area contributed by atoms with Crippen LogP contribution >= 0.6 is 0 Å². The van der Waals surface area contributed by atoms with E-state index in [2.05, 4.69) is 14.9 Å². The molecule has 0 heterocycles. The molecule has 0 N–H and O–H groups in total. The van der Waals surface area contributed by atoms with E-state index in [1.165, 1.54) is 0 Å². The zero-order valence-electron chi connectivity index (χ0n) is 7.03. The van der Waals surface area contributed by atoms with Crippen LogP contribution in [0.3, 0.4) is 0 Å². The maximum absolute atomic E-state index is 10.3. The minimum atomic E-state index is -3.80. The van der Waals surface area contributed by atoms with Gasteiger partial charge in [-0.2, -0.15) is 8.42 Å². The van der Waals surface area contributed by atoms with Crippen molar-refractivity contribution in [1.82, 2.24) is 0 Å². The summed E-state index contributed by atoms with van der Waals surface area (Å²) in [5.74, 6) is 0. The quantitative estimate of drug-likeness (QED) is 0.352. The molecule has 0 atom stereocenters. The van der Waals surface area contributed by atoms with Crippen molar-refractivity contribution in [3.63, 3.8) is 0 Å². The van der Waals surface area contributed by atoms with Gasteiger partial charge in [0.15, 0.2) is 0 Å². The first-order valence-corrected chi connectivity index (χ1v) is 3.64. The maximum atomic E-state index is 10.3.